The van der Waals surface area contributed by atoms with Crippen molar-refractivity contribution < 1.29 is 14.1 Å². The van der Waals surface area contributed by atoms with Crippen molar-refractivity contribution in [1.82, 2.24) is 19.6 Å². The van der Waals surface area contributed by atoms with Crippen LogP contribution in [0.4, 0.5) is 15.9 Å². The van der Waals surface area contributed by atoms with Gasteiger partial charge >= 0.3 is 5.69 Å². The molecule has 3 rings (SSSR count). The fourth-order valence-corrected chi connectivity index (χ4v) is 2.67. The molecule has 1 N–H and O–H groups in total. The van der Waals surface area contributed by atoms with Gasteiger partial charge in [0.15, 0.2) is 5.82 Å². The van der Waals surface area contributed by atoms with E-state index in [9.17, 15) is 19.3 Å². The number of nitrogens with zero attached hydrogens (tertiary/aromatic N) is 5. The van der Waals surface area contributed by atoms with Crippen LogP contribution in [0.25, 0.3) is 0 Å². The van der Waals surface area contributed by atoms with Crippen molar-refractivity contribution in [3.05, 3.63) is 69.4 Å². The normalized spacial score (nSPS) is 11.4. The number of aromatic nitrogens is 4. The van der Waals surface area contributed by atoms with Crippen LogP contribution >= 0.6 is 11.6 Å². The third-order valence-electron chi connectivity index (χ3n) is 4.17. The number of nitro groups is 1. The molecule has 0 fully saturated rings. The monoisotopic (exact) mass is 406 g/mol. The molecular weight excluding hydrogens is 391 g/mol. The number of amides is 1. The highest BCUT2D eigenvalue weighted by Crippen LogP contribution is 2.22. The highest BCUT2D eigenvalue weighted by molar-refractivity contribution is 6.31. The van der Waals surface area contributed by atoms with Crippen LogP contribution in [0, 0.1) is 15.9 Å². The number of carbonyl (C=O) groups is 1. The molecule has 11 heteroatoms. The third-order valence-corrected chi connectivity index (χ3v) is 4.53. The number of hydrogen-bond donors (Lipinski definition) is 1. The van der Waals surface area contributed by atoms with Crippen molar-refractivity contribution >= 4 is 29.0 Å². The Labute approximate surface area is 163 Å². The summed E-state index contributed by atoms with van der Waals surface area (Å²) in [5.74, 6) is -0.679. The molecule has 2 heterocycles. The molecule has 3 aromatic rings. The summed E-state index contributed by atoms with van der Waals surface area (Å²) in [6, 6.07) is 5.95. The van der Waals surface area contributed by atoms with E-state index in [0.29, 0.717) is 0 Å². The molecule has 0 saturated heterocycles. The summed E-state index contributed by atoms with van der Waals surface area (Å²) in [6.45, 7) is 3.22. The lowest BCUT2D eigenvalue weighted by Gasteiger charge is -2.23. The van der Waals surface area contributed by atoms with E-state index in [4.69, 9.17) is 11.6 Å². The Balaban J connectivity index is 1.73. The van der Waals surface area contributed by atoms with Gasteiger partial charge in [0.1, 0.15) is 23.7 Å². The van der Waals surface area contributed by atoms with E-state index in [1.807, 2.05) is 0 Å². The molecule has 0 aliphatic carbocycles. The molecule has 9 nitrogen and oxygen atoms in total. The van der Waals surface area contributed by atoms with E-state index in [1.165, 1.54) is 27.7 Å². The second-order valence-electron chi connectivity index (χ2n) is 6.51. The van der Waals surface area contributed by atoms with Crippen molar-refractivity contribution in [3.8, 4) is 0 Å². The predicted molar refractivity (Wildman–Crippen MR) is 99.6 cm³/mol. The minimum Gasteiger partial charge on any atom is -0.307 e. The minimum atomic E-state index is -1.20. The van der Waals surface area contributed by atoms with Crippen molar-refractivity contribution in [2.45, 2.75) is 25.9 Å². The number of rotatable bonds is 6. The highest BCUT2D eigenvalue weighted by Gasteiger charge is 2.32. The van der Waals surface area contributed by atoms with E-state index in [-0.39, 0.29) is 28.6 Å². The number of hydrogen-bond acceptors (Lipinski definition) is 5. The molecule has 0 bridgehead atoms. The van der Waals surface area contributed by atoms with E-state index >= 15 is 0 Å². The molecule has 2 aromatic heterocycles. The summed E-state index contributed by atoms with van der Waals surface area (Å²) in [5, 5.41) is 21.8. The Kier molecular flexibility index (Phi) is 5.14. The molecule has 0 spiro atoms. The van der Waals surface area contributed by atoms with Crippen LogP contribution in [0.15, 0.2) is 42.9 Å². The van der Waals surface area contributed by atoms with Gasteiger partial charge in [-0.2, -0.15) is 10.2 Å². The van der Waals surface area contributed by atoms with Crippen LogP contribution in [0.1, 0.15) is 19.4 Å². The van der Waals surface area contributed by atoms with Gasteiger partial charge in [0.2, 0.25) is 0 Å². The Morgan fingerprint density at radius 1 is 1.39 bits per heavy atom. The first-order valence-corrected chi connectivity index (χ1v) is 8.53. The van der Waals surface area contributed by atoms with Gasteiger partial charge in [-0.25, -0.2) is 4.39 Å². The largest absolute Gasteiger partial charge is 0.307 e. The highest BCUT2D eigenvalue weighted by atomic mass is 35.5. The van der Waals surface area contributed by atoms with Gasteiger partial charge in [0.05, 0.1) is 11.5 Å². The summed E-state index contributed by atoms with van der Waals surface area (Å²) >= 11 is 6.01. The maximum Gasteiger partial charge on any atom is 0.307 e. The van der Waals surface area contributed by atoms with Gasteiger partial charge in [-0.05, 0) is 26.0 Å². The zero-order valence-corrected chi connectivity index (χ0v) is 15.7. The van der Waals surface area contributed by atoms with Crippen LogP contribution < -0.4 is 5.32 Å². The summed E-state index contributed by atoms with van der Waals surface area (Å²) in [5.41, 5.74) is -1.13. The van der Waals surface area contributed by atoms with Crippen molar-refractivity contribution in [3.63, 3.8) is 0 Å². The Hall–Kier alpha value is -3.27. The minimum absolute atomic E-state index is 0.0934. The maximum atomic E-state index is 13.9. The number of halogens is 2. The van der Waals surface area contributed by atoms with Crippen LogP contribution in [-0.2, 0) is 16.9 Å². The van der Waals surface area contributed by atoms with E-state index < -0.39 is 22.2 Å². The third kappa shape index (κ3) is 3.86. The van der Waals surface area contributed by atoms with Gasteiger partial charge < -0.3 is 5.32 Å². The zero-order valence-electron chi connectivity index (χ0n) is 15.0. The summed E-state index contributed by atoms with van der Waals surface area (Å²) in [7, 11) is 0. The van der Waals surface area contributed by atoms with Crippen LogP contribution in [0.2, 0.25) is 5.02 Å². The standard InChI is InChI=1S/C17H16ClFN6O3/c1-17(2,24-9-11(8-20-24)25(27)28)16(26)21-15-6-7-23(22-15)10-12-13(18)4-3-5-14(12)19/h3-9H,10H2,1-2H3,(H,21,22,26). The Bertz CT molecular complexity index is 1020. The first kappa shape index (κ1) is 19.5. The molecule has 0 atom stereocenters. The lowest BCUT2D eigenvalue weighted by Crippen LogP contribution is -2.40. The summed E-state index contributed by atoms with van der Waals surface area (Å²) in [4.78, 5) is 22.8. The van der Waals surface area contributed by atoms with E-state index in [1.54, 1.807) is 32.2 Å². The average molecular weight is 407 g/mol. The van der Waals surface area contributed by atoms with E-state index in [0.717, 1.165) is 6.20 Å². The summed E-state index contributed by atoms with van der Waals surface area (Å²) in [6.07, 6.45) is 3.82. The number of carbonyl (C=O) groups excluding carboxylic acids is 1. The van der Waals surface area contributed by atoms with Gasteiger partial charge in [0.25, 0.3) is 5.91 Å². The van der Waals surface area contributed by atoms with Crippen molar-refractivity contribution in [1.29, 1.82) is 0 Å². The SMILES string of the molecule is CC(C)(C(=O)Nc1ccn(Cc2c(F)cccc2Cl)n1)n1cc([N+](=O)[O-])cn1. The molecule has 0 aliphatic heterocycles. The maximum absolute atomic E-state index is 13.9. The molecule has 1 amide bonds. The average Bonchev–Trinajstić information content (AvgIpc) is 3.28. The molecule has 28 heavy (non-hydrogen) atoms. The fraction of sp³-hybridized carbons (Fsp3) is 0.235. The quantitative estimate of drug-likeness (QED) is 0.499. The topological polar surface area (TPSA) is 108 Å². The predicted octanol–water partition coefficient (Wildman–Crippen LogP) is 3.20. The second-order valence-corrected chi connectivity index (χ2v) is 6.92. The van der Waals surface area contributed by atoms with Gasteiger partial charge in [-0.1, -0.05) is 17.7 Å². The molecule has 146 valence electrons. The number of nitrogens with one attached hydrogen (secondary N) is 1. The van der Waals surface area contributed by atoms with Crippen LogP contribution in [0.3, 0.4) is 0 Å². The zero-order chi connectivity index (χ0) is 20.5. The summed E-state index contributed by atoms with van der Waals surface area (Å²) < 4.78 is 16.5. The Morgan fingerprint density at radius 3 is 2.79 bits per heavy atom. The Morgan fingerprint density at radius 2 is 2.14 bits per heavy atom. The fourth-order valence-electron chi connectivity index (χ4n) is 2.45. The number of benzene rings is 1. The van der Waals surface area contributed by atoms with Gasteiger partial charge in [-0.3, -0.25) is 24.3 Å². The molecular formula is C17H16ClFN6O3. The lowest BCUT2D eigenvalue weighted by atomic mass is 10.1. The second kappa shape index (κ2) is 7.39. The lowest BCUT2D eigenvalue weighted by molar-refractivity contribution is -0.385. The van der Waals surface area contributed by atoms with Crippen LogP contribution in [-0.4, -0.2) is 30.4 Å². The molecule has 0 aliphatic rings. The van der Waals surface area contributed by atoms with Crippen molar-refractivity contribution in [2.75, 3.05) is 5.32 Å². The van der Waals surface area contributed by atoms with Gasteiger partial charge in [0, 0.05) is 22.8 Å². The van der Waals surface area contributed by atoms with Crippen LogP contribution in [0.5, 0.6) is 0 Å². The van der Waals surface area contributed by atoms with Crippen molar-refractivity contribution in [2.24, 2.45) is 0 Å². The first-order chi connectivity index (χ1) is 13.2. The van der Waals surface area contributed by atoms with E-state index in [2.05, 4.69) is 15.5 Å². The first-order valence-electron chi connectivity index (χ1n) is 8.16. The van der Waals surface area contributed by atoms with Gasteiger partial charge in [-0.15, -0.1) is 0 Å². The molecule has 0 radical (unpaired) electrons. The molecule has 1 aromatic carbocycles. The molecule has 0 unspecified atom stereocenters. The molecule has 0 saturated carbocycles. The smallest absolute Gasteiger partial charge is 0.307 e. The number of anilines is 1.